The number of benzene rings is 1. The fourth-order valence-corrected chi connectivity index (χ4v) is 3.20. The number of aryl methyl sites for hydroxylation is 1. The topological polar surface area (TPSA) is 75.4 Å². The molecule has 0 radical (unpaired) electrons. The summed E-state index contributed by atoms with van der Waals surface area (Å²) in [4.78, 5) is 24.7. The van der Waals surface area contributed by atoms with E-state index in [-0.39, 0.29) is 5.91 Å². The van der Waals surface area contributed by atoms with Crippen LogP contribution in [0.25, 0.3) is 0 Å². The second-order valence-corrected chi connectivity index (χ2v) is 5.86. The van der Waals surface area contributed by atoms with Crippen LogP contribution in [-0.4, -0.2) is 36.0 Å². The van der Waals surface area contributed by atoms with Gasteiger partial charge in [-0.3, -0.25) is 15.0 Å². The number of fused-ring (bicyclic) bond motifs is 1. The number of rotatable bonds is 6. The highest BCUT2D eigenvalue weighted by atomic mass is 16.2. The van der Waals surface area contributed by atoms with Crippen molar-refractivity contribution in [2.75, 3.05) is 13.1 Å². The van der Waals surface area contributed by atoms with Crippen molar-refractivity contribution in [3.63, 3.8) is 0 Å². The number of carbonyl (C=O) groups excluding carboxylic acids is 2. The van der Waals surface area contributed by atoms with Gasteiger partial charge in [0.1, 0.15) is 0 Å². The van der Waals surface area contributed by atoms with Crippen molar-refractivity contribution in [3.05, 3.63) is 35.4 Å². The predicted octanol–water partition coefficient (Wildman–Crippen LogP) is 1.84. The fraction of sp³-hybridized carbons (Fsp3) is 0.529. The molecule has 5 nitrogen and oxygen atoms in total. The molecule has 3 N–H and O–H groups in total. The first-order chi connectivity index (χ1) is 10.6. The molecule has 0 aliphatic heterocycles. The maximum absolute atomic E-state index is 11.6. The summed E-state index contributed by atoms with van der Waals surface area (Å²) in [5.74, 6) is -0.301. The standard InChI is InChI=1S/C17H25N3O2/c1-2-10-20(11-9-16(21)19-17(18)22)15-8-7-13-5-3-4-6-14(13)12-15/h3-6,15H,2,7-12H2,1H3,(H3,18,19,21,22)/t15-/m1/s1. The molecule has 0 saturated heterocycles. The molecule has 0 saturated carbocycles. The van der Waals surface area contributed by atoms with Gasteiger partial charge in [-0.05, 0) is 43.4 Å². The van der Waals surface area contributed by atoms with Crippen molar-refractivity contribution < 1.29 is 9.59 Å². The number of nitrogens with one attached hydrogen (secondary N) is 1. The summed E-state index contributed by atoms with van der Waals surface area (Å²) in [5, 5.41) is 2.13. The molecule has 0 spiro atoms. The molecule has 5 heteroatoms. The van der Waals surface area contributed by atoms with E-state index in [0.717, 1.165) is 32.2 Å². The Morgan fingerprint density at radius 3 is 2.68 bits per heavy atom. The van der Waals surface area contributed by atoms with Crippen LogP contribution in [0.3, 0.4) is 0 Å². The summed E-state index contributed by atoms with van der Waals surface area (Å²) < 4.78 is 0. The van der Waals surface area contributed by atoms with Gasteiger partial charge in [-0.2, -0.15) is 0 Å². The number of hydrogen-bond acceptors (Lipinski definition) is 3. The minimum absolute atomic E-state index is 0.301. The first-order valence-electron chi connectivity index (χ1n) is 8.00. The molecule has 0 fully saturated rings. The van der Waals surface area contributed by atoms with Gasteiger partial charge in [-0.15, -0.1) is 0 Å². The Kier molecular flexibility index (Phi) is 5.95. The third-order valence-electron chi connectivity index (χ3n) is 4.24. The van der Waals surface area contributed by atoms with Gasteiger partial charge in [0.25, 0.3) is 0 Å². The lowest BCUT2D eigenvalue weighted by molar-refractivity contribution is -0.120. The van der Waals surface area contributed by atoms with Crippen LogP contribution in [0.4, 0.5) is 4.79 Å². The fourth-order valence-electron chi connectivity index (χ4n) is 3.20. The van der Waals surface area contributed by atoms with Gasteiger partial charge in [0, 0.05) is 19.0 Å². The number of carbonyl (C=O) groups is 2. The summed E-state index contributed by atoms with van der Waals surface area (Å²) in [6.45, 7) is 3.78. The second-order valence-electron chi connectivity index (χ2n) is 5.86. The lowest BCUT2D eigenvalue weighted by Gasteiger charge is -2.35. The maximum atomic E-state index is 11.6. The van der Waals surface area contributed by atoms with Gasteiger partial charge in [0.2, 0.25) is 5.91 Å². The number of amides is 3. The third kappa shape index (κ3) is 4.56. The zero-order valence-corrected chi connectivity index (χ0v) is 13.2. The van der Waals surface area contributed by atoms with E-state index in [1.807, 2.05) is 0 Å². The maximum Gasteiger partial charge on any atom is 0.318 e. The summed E-state index contributed by atoms with van der Waals surface area (Å²) in [7, 11) is 0. The minimum atomic E-state index is -0.779. The normalized spacial score (nSPS) is 17.1. The number of primary amides is 1. The summed E-state index contributed by atoms with van der Waals surface area (Å²) >= 11 is 0. The molecule has 1 aromatic carbocycles. The van der Waals surface area contributed by atoms with Crippen molar-refractivity contribution in [1.82, 2.24) is 10.2 Å². The second kappa shape index (κ2) is 7.94. The average Bonchev–Trinajstić information content (AvgIpc) is 2.50. The summed E-state index contributed by atoms with van der Waals surface area (Å²) in [5.41, 5.74) is 7.83. The van der Waals surface area contributed by atoms with E-state index in [9.17, 15) is 9.59 Å². The Balaban J connectivity index is 1.94. The Morgan fingerprint density at radius 2 is 2.00 bits per heavy atom. The van der Waals surface area contributed by atoms with Gasteiger partial charge in [-0.1, -0.05) is 31.2 Å². The molecule has 1 aliphatic rings. The van der Waals surface area contributed by atoms with Crippen LogP contribution in [0, 0.1) is 0 Å². The molecule has 0 unspecified atom stereocenters. The van der Waals surface area contributed by atoms with Crippen molar-refractivity contribution in [3.8, 4) is 0 Å². The quantitative estimate of drug-likeness (QED) is 0.842. The van der Waals surface area contributed by atoms with Crippen LogP contribution in [0.2, 0.25) is 0 Å². The summed E-state index contributed by atoms with van der Waals surface area (Å²) in [6.07, 6.45) is 4.60. The van der Waals surface area contributed by atoms with E-state index < -0.39 is 6.03 Å². The largest absolute Gasteiger partial charge is 0.351 e. The van der Waals surface area contributed by atoms with Gasteiger partial charge >= 0.3 is 6.03 Å². The third-order valence-corrected chi connectivity index (χ3v) is 4.24. The van der Waals surface area contributed by atoms with Gasteiger partial charge in [0.05, 0.1) is 0 Å². The number of urea groups is 1. The molecule has 0 aromatic heterocycles. The molecular weight excluding hydrogens is 278 g/mol. The highest BCUT2D eigenvalue weighted by Crippen LogP contribution is 2.24. The Morgan fingerprint density at radius 1 is 1.27 bits per heavy atom. The zero-order chi connectivity index (χ0) is 15.9. The van der Waals surface area contributed by atoms with E-state index in [1.54, 1.807) is 0 Å². The van der Waals surface area contributed by atoms with Crippen LogP contribution in [0.5, 0.6) is 0 Å². The van der Waals surface area contributed by atoms with Crippen LogP contribution >= 0.6 is 0 Å². The SMILES string of the molecule is CCCN(CCC(=O)NC(N)=O)[C@@H]1CCc2ccccc2C1. The molecule has 1 aromatic rings. The smallest absolute Gasteiger partial charge is 0.318 e. The van der Waals surface area contributed by atoms with Gasteiger partial charge < -0.3 is 5.73 Å². The van der Waals surface area contributed by atoms with Crippen molar-refractivity contribution in [2.24, 2.45) is 5.73 Å². The molecular formula is C17H25N3O2. The van der Waals surface area contributed by atoms with E-state index in [4.69, 9.17) is 5.73 Å². The first kappa shape index (κ1) is 16.5. The van der Waals surface area contributed by atoms with Crippen LogP contribution in [0.15, 0.2) is 24.3 Å². The molecule has 1 atom stereocenters. The van der Waals surface area contributed by atoms with Crippen LogP contribution < -0.4 is 11.1 Å². The molecule has 22 heavy (non-hydrogen) atoms. The first-order valence-corrected chi connectivity index (χ1v) is 8.00. The van der Waals surface area contributed by atoms with E-state index in [2.05, 4.69) is 41.4 Å². The van der Waals surface area contributed by atoms with Gasteiger partial charge in [-0.25, -0.2) is 4.79 Å². The molecule has 1 aliphatic carbocycles. The number of imide groups is 1. The molecule has 120 valence electrons. The lowest BCUT2D eigenvalue weighted by atomic mass is 9.87. The van der Waals surface area contributed by atoms with E-state index >= 15 is 0 Å². The predicted molar refractivity (Wildman–Crippen MR) is 86.5 cm³/mol. The molecule has 0 bridgehead atoms. The number of nitrogens with two attached hydrogens (primary N) is 1. The highest BCUT2D eigenvalue weighted by Gasteiger charge is 2.24. The summed E-state index contributed by atoms with van der Waals surface area (Å²) in [6, 6.07) is 8.28. The molecule has 2 rings (SSSR count). The van der Waals surface area contributed by atoms with Crippen LogP contribution in [-0.2, 0) is 17.6 Å². The van der Waals surface area contributed by atoms with Crippen LogP contribution in [0.1, 0.15) is 37.3 Å². The molecule has 0 heterocycles. The Bertz CT molecular complexity index is 530. The van der Waals surface area contributed by atoms with Crippen molar-refractivity contribution >= 4 is 11.9 Å². The van der Waals surface area contributed by atoms with Crippen molar-refractivity contribution in [2.45, 2.75) is 45.1 Å². The van der Waals surface area contributed by atoms with E-state index in [1.165, 1.54) is 11.1 Å². The Labute approximate surface area is 131 Å². The zero-order valence-electron chi connectivity index (χ0n) is 13.2. The van der Waals surface area contributed by atoms with E-state index in [0.29, 0.717) is 19.0 Å². The molecule has 3 amide bonds. The Hall–Kier alpha value is -1.88. The highest BCUT2D eigenvalue weighted by molar-refractivity contribution is 5.93. The monoisotopic (exact) mass is 303 g/mol. The van der Waals surface area contributed by atoms with Gasteiger partial charge in [0.15, 0.2) is 0 Å². The number of hydrogen-bond donors (Lipinski definition) is 2. The minimum Gasteiger partial charge on any atom is -0.351 e. The average molecular weight is 303 g/mol. The lowest BCUT2D eigenvalue weighted by Crippen LogP contribution is -2.43. The van der Waals surface area contributed by atoms with Crippen molar-refractivity contribution in [1.29, 1.82) is 0 Å². The number of nitrogens with zero attached hydrogens (tertiary/aromatic N) is 1.